The van der Waals surface area contributed by atoms with Gasteiger partial charge >= 0.3 is 12.1 Å². The SMILES string of the molecule is CC1(c2cc(NCCNC(=O)/C=C/C(F)(F)C(F)(F)F)ccn2)OC=CO1. The molecule has 11 heteroatoms. The monoisotopic (exact) mass is 393 g/mol. The summed E-state index contributed by atoms with van der Waals surface area (Å²) in [5, 5.41) is 5.13. The quantitative estimate of drug-likeness (QED) is 0.423. The zero-order valence-electron chi connectivity index (χ0n) is 14.0. The molecule has 0 aromatic carbocycles. The average Bonchev–Trinajstić information content (AvgIpc) is 3.04. The van der Waals surface area contributed by atoms with Crippen LogP contribution in [0.15, 0.2) is 43.0 Å². The first-order valence-corrected chi connectivity index (χ1v) is 7.66. The van der Waals surface area contributed by atoms with E-state index in [0.29, 0.717) is 11.4 Å². The van der Waals surface area contributed by atoms with Crippen molar-refractivity contribution in [3.8, 4) is 0 Å². The Labute approximate surface area is 151 Å². The van der Waals surface area contributed by atoms with E-state index in [1.54, 1.807) is 19.1 Å². The van der Waals surface area contributed by atoms with Crippen LogP contribution < -0.4 is 10.6 Å². The van der Waals surface area contributed by atoms with E-state index in [1.165, 1.54) is 18.7 Å². The molecule has 0 aliphatic carbocycles. The minimum Gasteiger partial charge on any atom is -0.452 e. The summed E-state index contributed by atoms with van der Waals surface area (Å²) in [5.41, 5.74) is 1.10. The van der Waals surface area contributed by atoms with Crippen LogP contribution in [0.3, 0.4) is 0 Å². The van der Waals surface area contributed by atoms with Crippen LogP contribution >= 0.6 is 0 Å². The summed E-state index contributed by atoms with van der Waals surface area (Å²) in [5.74, 6) is -7.19. The molecule has 2 rings (SSSR count). The van der Waals surface area contributed by atoms with Crippen LogP contribution in [0.1, 0.15) is 12.6 Å². The number of ether oxygens (including phenoxy) is 2. The van der Waals surface area contributed by atoms with E-state index in [4.69, 9.17) is 9.47 Å². The Bertz CT molecular complexity index is 726. The van der Waals surface area contributed by atoms with E-state index in [-0.39, 0.29) is 19.2 Å². The lowest BCUT2D eigenvalue weighted by atomic mass is 10.2. The molecule has 0 fully saturated rings. The largest absolute Gasteiger partial charge is 0.457 e. The molecular formula is C16H16F5N3O3. The fraction of sp³-hybridized carbons (Fsp3) is 0.375. The molecule has 0 radical (unpaired) electrons. The molecule has 1 aromatic heterocycles. The summed E-state index contributed by atoms with van der Waals surface area (Å²) in [6.45, 7) is 1.85. The van der Waals surface area contributed by atoms with Crippen molar-refractivity contribution in [2.24, 2.45) is 0 Å². The van der Waals surface area contributed by atoms with Gasteiger partial charge in [-0.25, -0.2) is 0 Å². The zero-order valence-corrected chi connectivity index (χ0v) is 14.0. The second kappa shape index (κ2) is 7.80. The molecular weight excluding hydrogens is 377 g/mol. The fourth-order valence-electron chi connectivity index (χ4n) is 1.98. The molecule has 0 spiro atoms. The molecule has 27 heavy (non-hydrogen) atoms. The third-order valence-electron chi connectivity index (χ3n) is 3.44. The van der Waals surface area contributed by atoms with Crippen LogP contribution in [0, 0.1) is 0 Å². The number of halogens is 5. The number of anilines is 1. The van der Waals surface area contributed by atoms with Crippen molar-refractivity contribution >= 4 is 11.6 Å². The number of nitrogens with one attached hydrogen (secondary N) is 2. The Morgan fingerprint density at radius 3 is 2.52 bits per heavy atom. The molecule has 1 aliphatic rings. The van der Waals surface area contributed by atoms with E-state index in [0.717, 1.165) is 0 Å². The topological polar surface area (TPSA) is 72.5 Å². The van der Waals surface area contributed by atoms with Crippen LogP contribution in [-0.2, 0) is 20.1 Å². The number of hydrogen-bond acceptors (Lipinski definition) is 5. The molecule has 2 heterocycles. The van der Waals surface area contributed by atoms with E-state index >= 15 is 0 Å². The van der Waals surface area contributed by atoms with Crippen LogP contribution in [0.5, 0.6) is 0 Å². The Balaban J connectivity index is 1.79. The number of rotatable bonds is 7. The Kier molecular flexibility index (Phi) is 5.91. The molecule has 0 saturated carbocycles. The van der Waals surface area contributed by atoms with Gasteiger partial charge in [-0.1, -0.05) is 0 Å². The maximum atomic E-state index is 12.7. The van der Waals surface area contributed by atoms with Crippen molar-refractivity contribution in [3.05, 3.63) is 48.7 Å². The lowest BCUT2D eigenvalue weighted by Crippen LogP contribution is -2.35. The Hall–Kier alpha value is -2.85. The first kappa shape index (κ1) is 20.5. The van der Waals surface area contributed by atoms with E-state index < -0.39 is 29.9 Å². The molecule has 1 aliphatic heterocycles. The summed E-state index contributed by atoms with van der Waals surface area (Å²) in [7, 11) is 0. The van der Waals surface area contributed by atoms with E-state index in [2.05, 4.69) is 15.6 Å². The average molecular weight is 393 g/mol. The van der Waals surface area contributed by atoms with Crippen molar-refractivity contribution < 1.29 is 36.2 Å². The lowest BCUT2D eigenvalue weighted by molar-refractivity contribution is -0.259. The zero-order chi connectivity index (χ0) is 20.1. The third-order valence-corrected chi connectivity index (χ3v) is 3.44. The number of carbonyl (C=O) groups excluding carboxylic acids is 1. The van der Waals surface area contributed by atoms with E-state index in [9.17, 15) is 26.7 Å². The molecule has 148 valence electrons. The Morgan fingerprint density at radius 2 is 1.89 bits per heavy atom. The molecule has 0 bridgehead atoms. The van der Waals surface area contributed by atoms with Gasteiger partial charge < -0.3 is 20.1 Å². The first-order chi connectivity index (χ1) is 12.5. The molecule has 1 amide bonds. The first-order valence-electron chi connectivity index (χ1n) is 7.66. The molecule has 0 saturated heterocycles. The molecule has 0 unspecified atom stereocenters. The molecule has 1 aromatic rings. The van der Waals surface area contributed by atoms with Gasteiger partial charge in [0.15, 0.2) is 0 Å². The maximum Gasteiger partial charge on any atom is 0.457 e. The van der Waals surface area contributed by atoms with Gasteiger partial charge in [0, 0.05) is 38.0 Å². The summed E-state index contributed by atoms with van der Waals surface area (Å²) in [6, 6.07) is 3.29. The van der Waals surface area contributed by atoms with Gasteiger partial charge in [-0.3, -0.25) is 9.78 Å². The molecule has 2 N–H and O–H groups in total. The van der Waals surface area contributed by atoms with Crippen LogP contribution in [0.4, 0.5) is 27.6 Å². The van der Waals surface area contributed by atoms with Crippen molar-refractivity contribution in [1.82, 2.24) is 10.3 Å². The minimum atomic E-state index is -5.75. The third kappa shape index (κ3) is 5.31. The van der Waals surface area contributed by atoms with Crippen molar-refractivity contribution in [2.45, 2.75) is 24.8 Å². The van der Waals surface area contributed by atoms with Gasteiger partial charge in [0.2, 0.25) is 5.91 Å². The van der Waals surface area contributed by atoms with E-state index in [1.807, 2.05) is 0 Å². The second-order valence-electron chi connectivity index (χ2n) is 5.56. The van der Waals surface area contributed by atoms with Gasteiger partial charge in [-0.15, -0.1) is 0 Å². The van der Waals surface area contributed by atoms with Gasteiger partial charge in [0.25, 0.3) is 5.79 Å². The van der Waals surface area contributed by atoms with Crippen LogP contribution in [0.2, 0.25) is 0 Å². The molecule has 0 atom stereocenters. The number of pyridine rings is 1. The molecule has 6 nitrogen and oxygen atoms in total. The van der Waals surface area contributed by atoms with Gasteiger partial charge in [-0.2, -0.15) is 22.0 Å². The second-order valence-corrected chi connectivity index (χ2v) is 5.56. The van der Waals surface area contributed by atoms with Crippen molar-refractivity contribution in [1.29, 1.82) is 0 Å². The number of carbonyl (C=O) groups is 1. The minimum absolute atomic E-state index is 0.00968. The number of amides is 1. The predicted molar refractivity (Wildman–Crippen MR) is 84.5 cm³/mol. The number of hydrogen-bond donors (Lipinski definition) is 2. The fourth-order valence-corrected chi connectivity index (χ4v) is 1.98. The number of alkyl halides is 5. The maximum absolute atomic E-state index is 12.7. The highest BCUT2D eigenvalue weighted by atomic mass is 19.4. The number of allylic oxidation sites excluding steroid dienone is 1. The smallest absolute Gasteiger partial charge is 0.452 e. The lowest BCUT2D eigenvalue weighted by Gasteiger charge is -2.22. The highest BCUT2D eigenvalue weighted by molar-refractivity contribution is 5.87. The predicted octanol–water partition coefficient (Wildman–Crippen LogP) is 3.05. The number of nitrogens with zero attached hydrogens (tertiary/aromatic N) is 1. The van der Waals surface area contributed by atoms with Crippen LogP contribution in [-0.4, -0.2) is 36.1 Å². The summed E-state index contributed by atoms with van der Waals surface area (Å²) in [6.07, 6.45) is -1.81. The standard InChI is InChI=1S/C16H16F5N3O3/c1-14(26-8-9-27-14)12-10-11(3-5-23-12)22-6-7-24-13(25)2-4-15(17,18)16(19,20)21/h2-5,8-10H,6-7H2,1H3,(H,22,23)(H,24,25)/b4-2+. The van der Waals surface area contributed by atoms with Gasteiger partial charge in [-0.05, 0) is 18.2 Å². The van der Waals surface area contributed by atoms with Crippen molar-refractivity contribution in [3.63, 3.8) is 0 Å². The summed E-state index contributed by atoms with van der Waals surface area (Å²) in [4.78, 5) is 15.5. The highest BCUT2D eigenvalue weighted by Crippen LogP contribution is 2.36. The Morgan fingerprint density at radius 1 is 1.22 bits per heavy atom. The van der Waals surface area contributed by atoms with Crippen molar-refractivity contribution in [2.75, 3.05) is 18.4 Å². The normalized spacial score (nSPS) is 16.1. The van der Waals surface area contributed by atoms with Gasteiger partial charge in [0.1, 0.15) is 18.2 Å². The number of aromatic nitrogens is 1. The highest BCUT2D eigenvalue weighted by Gasteiger charge is 2.55. The van der Waals surface area contributed by atoms with Crippen LogP contribution in [0.25, 0.3) is 0 Å². The van der Waals surface area contributed by atoms with Gasteiger partial charge in [0.05, 0.1) is 0 Å². The summed E-state index contributed by atoms with van der Waals surface area (Å²) >= 11 is 0. The summed E-state index contributed by atoms with van der Waals surface area (Å²) < 4.78 is 71.9.